The maximum absolute atomic E-state index is 13.7. The van der Waals surface area contributed by atoms with Crippen LogP contribution in [0.3, 0.4) is 0 Å². The van der Waals surface area contributed by atoms with Crippen LogP contribution < -0.4 is 22.1 Å². The molecule has 0 saturated carbocycles. The molecule has 0 unspecified atom stereocenters. The van der Waals surface area contributed by atoms with Crippen molar-refractivity contribution in [2.75, 3.05) is 6.54 Å². The first kappa shape index (κ1) is 21.1. The Balaban J connectivity index is 1.67. The first-order chi connectivity index (χ1) is 14.3. The van der Waals surface area contributed by atoms with Gasteiger partial charge in [-0.3, -0.25) is 4.79 Å². The number of nitrogens with one attached hydrogen (secondary N) is 2. The second-order valence-corrected chi connectivity index (χ2v) is 7.67. The first-order valence-electron chi connectivity index (χ1n) is 9.13. The van der Waals surface area contributed by atoms with E-state index >= 15 is 0 Å². The maximum atomic E-state index is 13.7. The number of aliphatic hydroxyl groups is 2. The van der Waals surface area contributed by atoms with Crippen molar-refractivity contribution in [1.29, 1.82) is 0 Å². The van der Waals surface area contributed by atoms with E-state index in [-0.39, 0.29) is 24.5 Å². The zero-order valence-electron chi connectivity index (χ0n) is 16.0. The molecule has 1 spiro atoms. The summed E-state index contributed by atoms with van der Waals surface area (Å²) in [4.78, 5) is 22.2. The minimum atomic E-state index is -4.88. The Hall–Kier alpha value is -3.13. The second kappa shape index (κ2) is 6.43. The van der Waals surface area contributed by atoms with Gasteiger partial charge in [0.25, 0.3) is 5.91 Å². The van der Waals surface area contributed by atoms with E-state index in [0.29, 0.717) is 12.1 Å². The predicted molar refractivity (Wildman–Crippen MR) is 98.9 cm³/mol. The van der Waals surface area contributed by atoms with E-state index in [0.717, 1.165) is 0 Å². The predicted octanol–water partition coefficient (Wildman–Crippen LogP) is -1.36. The lowest BCUT2D eigenvalue weighted by Gasteiger charge is -2.48. The Morgan fingerprint density at radius 3 is 2.61 bits per heavy atom. The normalized spacial score (nSPS) is 31.3. The highest BCUT2D eigenvalue weighted by molar-refractivity contribution is 5.95. The fraction of sp³-hybridized carbons (Fsp3) is 0.471. The lowest BCUT2D eigenvalue weighted by molar-refractivity contribution is -0.230. The zero-order valence-corrected chi connectivity index (χ0v) is 16.0. The number of rotatable bonds is 2. The third-order valence-corrected chi connectivity index (χ3v) is 5.72. The molecule has 14 heteroatoms. The molecule has 4 atom stereocenters. The molecule has 31 heavy (non-hydrogen) atoms. The van der Waals surface area contributed by atoms with Crippen molar-refractivity contribution in [1.82, 2.24) is 15.5 Å². The van der Waals surface area contributed by atoms with Gasteiger partial charge in [-0.15, -0.1) is 0 Å². The van der Waals surface area contributed by atoms with Crippen molar-refractivity contribution in [2.24, 2.45) is 21.5 Å². The van der Waals surface area contributed by atoms with Crippen molar-refractivity contribution in [3.05, 3.63) is 35.1 Å². The van der Waals surface area contributed by atoms with Gasteiger partial charge in [0, 0.05) is 12.1 Å². The summed E-state index contributed by atoms with van der Waals surface area (Å²) >= 11 is 0. The Kier molecular flexibility index (Phi) is 4.38. The van der Waals surface area contributed by atoms with Gasteiger partial charge in [-0.05, 0) is 25.1 Å². The highest BCUT2D eigenvalue weighted by Crippen LogP contribution is 2.44. The van der Waals surface area contributed by atoms with Gasteiger partial charge in [-0.1, -0.05) is 0 Å². The summed E-state index contributed by atoms with van der Waals surface area (Å²) in [6, 6.07) is -1.63. The van der Waals surface area contributed by atoms with Crippen LogP contribution in [0.15, 0.2) is 28.2 Å². The van der Waals surface area contributed by atoms with Crippen molar-refractivity contribution < 1.29 is 32.6 Å². The van der Waals surface area contributed by atoms with Crippen LogP contribution in [0, 0.1) is 5.82 Å². The molecular weight excluding hydrogens is 426 g/mol. The van der Waals surface area contributed by atoms with E-state index in [9.17, 15) is 32.6 Å². The molecule has 10 nitrogen and oxygen atoms in total. The molecule has 3 heterocycles. The largest absolute Gasteiger partial charge is 0.416 e. The smallest absolute Gasteiger partial charge is 0.370 e. The number of halogens is 4. The first-order valence-corrected chi connectivity index (χ1v) is 9.13. The summed E-state index contributed by atoms with van der Waals surface area (Å²) < 4.78 is 52.6. The van der Waals surface area contributed by atoms with Crippen LogP contribution in [0.4, 0.5) is 17.6 Å². The van der Waals surface area contributed by atoms with Gasteiger partial charge in [0.05, 0.1) is 11.6 Å². The van der Waals surface area contributed by atoms with Gasteiger partial charge in [0.1, 0.15) is 17.9 Å². The number of carbonyl (C=O) groups excluding carboxylic acids is 1. The Labute approximate surface area is 172 Å². The highest BCUT2D eigenvalue weighted by atomic mass is 19.4. The molecule has 1 aromatic carbocycles. The highest BCUT2D eigenvalue weighted by Gasteiger charge is 2.73. The molecule has 8 N–H and O–H groups in total. The number of carbonyl (C=O) groups is 1. The number of hydrogen-bond acceptors (Lipinski definition) is 9. The summed E-state index contributed by atoms with van der Waals surface area (Å²) in [7, 11) is 0. The monoisotopic (exact) mass is 445 g/mol. The fourth-order valence-electron chi connectivity index (χ4n) is 4.35. The molecule has 1 aromatic rings. The standard InChI is InChI=1S/C17H19F4N7O3/c1-6-11-15(27-13(22)26-11)16(30,31)10(5-28(15)14(23)24-6)25-12(29)7-2-8(17(19,20)21)4-9(18)3-7/h2-4,6,10-11,30-31H,5H2,1H3,(H2,23,24)(H,25,29)(H3,22,26,27)/t6-,10-,11-,15-/m0/s1. The van der Waals surface area contributed by atoms with Crippen LogP contribution in [0.25, 0.3) is 0 Å². The molecule has 0 radical (unpaired) electrons. The van der Waals surface area contributed by atoms with Gasteiger partial charge < -0.3 is 37.2 Å². The van der Waals surface area contributed by atoms with Gasteiger partial charge in [-0.25, -0.2) is 14.4 Å². The van der Waals surface area contributed by atoms with Gasteiger partial charge >= 0.3 is 6.18 Å². The quantitative estimate of drug-likeness (QED) is 0.242. The van der Waals surface area contributed by atoms with Crippen LogP contribution >= 0.6 is 0 Å². The molecule has 1 amide bonds. The topological polar surface area (TPSA) is 162 Å². The van der Waals surface area contributed by atoms with Crippen LogP contribution in [0.1, 0.15) is 22.8 Å². The molecule has 4 rings (SSSR count). The number of nitrogens with two attached hydrogens (primary N) is 2. The Morgan fingerprint density at radius 1 is 1.29 bits per heavy atom. The van der Waals surface area contributed by atoms with Crippen LogP contribution in [0.5, 0.6) is 0 Å². The summed E-state index contributed by atoms with van der Waals surface area (Å²) in [6.07, 6.45) is -4.88. The average molecular weight is 445 g/mol. The van der Waals surface area contributed by atoms with Crippen molar-refractivity contribution in [2.45, 2.75) is 42.7 Å². The van der Waals surface area contributed by atoms with Crippen LogP contribution in [0.2, 0.25) is 0 Å². The third-order valence-electron chi connectivity index (χ3n) is 5.72. The van der Waals surface area contributed by atoms with Gasteiger partial charge in [0.15, 0.2) is 17.6 Å². The molecule has 0 aliphatic carbocycles. The van der Waals surface area contributed by atoms with Crippen LogP contribution in [-0.4, -0.2) is 69.1 Å². The van der Waals surface area contributed by atoms with Crippen molar-refractivity contribution in [3.8, 4) is 0 Å². The number of benzene rings is 1. The molecule has 1 fully saturated rings. The molecule has 1 saturated heterocycles. The summed E-state index contributed by atoms with van der Waals surface area (Å²) in [5.41, 5.74) is 7.93. The van der Waals surface area contributed by atoms with Crippen molar-refractivity contribution >= 4 is 17.8 Å². The summed E-state index contributed by atoms with van der Waals surface area (Å²) in [6.45, 7) is 1.35. The van der Waals surface area contributed by atoms with E-state index in [1.54, 1.807) is 6.92 Å². The number of hydrogen-bond donors (Lipinski definition) is 6. The van der Waals surface area contributed by atoms with E-state index in [4.69, 9.17) is 11.5 Å². The van der Waals surface area contributed by atoms with E-state index in [2.05, 4.69) is 20.6 Å². The molecule has 3 aliphatic heterocycles. The Bertz CT molecular complexity index is 1010. The maximum Gasteiger partial charge on any atom is 0.416 e. The number of amides is 1. The summed E-state index contributed by atoms with van der Waals surface area (Å²) in [5.74, 6) is -5.33. The lowest BCUT2D eigenvalue weighted by atomic mass is 9.85. The molecular formula is C17H19F4N7O3. The number of aliphatic imine (C=N–C) groups is 2. The number of nitrogens with zero attached hydrogens (tertiary/aromatic N) is 3. The van der Waals surface area contributed by atoms with E-state index < -0.39 is 58.6 Å². The second-order valence-electron chi connectivity index (χ2n) is 7.67. The van der Waals surface area contributed by atoms with Gasteiger partial charge in [-0.2, -0.15) is 13.2 Å². The minimum absolute atomic E-state index is 0.0736. The van der Waals surface area contributed by atoms with Crippen LogP contribution in [-0.2, 0) is 6.18 Å². The van der Waals surface area contributed by atoms with Crippen molar-refractivity contribution in [3.63, 3.8) is 0 Å². The molecule has 3 aliphatic rings. The lowest BCUT2D eigenvalue weighted by Crippen LogP contribution is -2.77. The average Bonchev–Trinajstić information content (AvgIpc) is 3.11. The minimum Gasteiger partial charge on any atom is -0.370 e. The Morgan fingerprint density at radius 2 is 1.97 bits per heavy atom. The number of alkyl halides is 3. The fourth-order valence-corrected chi connectivity index (χ4v) is 4.35. The van der Waals surface area contributed by atoms with E-state index in [1.807, 2.05) is 0 Å². The number of guanidine groups is 2. The molecule has 168 valence electrons. The molecule has 0 bridgehead atoms. The third kappa shape index (κ3) is 2.96. The molecule has 0 aromatic heterocycles. The summed E-state index contributed by atoms with van der Waals surface area (Å²) in [5, 5.41) is 27.0. The zero-order chi connectivity index (χ0) is 22.9. The van der Waals surface area contributed by atoms with Gasteiger partial charge in [0.2, 0.25) is 5.79 Å². The SMILES string of the molecule is C[C@@H]1N=C(N)N2C[C@H](NC(=O)c3cc(F)cc(C(F)(F)F)c3)C(O)(O)[C@@]23NC(N)=N[C@@H]13. The van der Waals surface area contributed by atoms with E-state index in [1.165, 1.54) is 4.90 Å².